The third kappa shape index (κ3) is 7.11. The second-order valence-electron chi connectivity index (χ2n) is 11.6. The molecule has 4 rings (SSSR count). The first-order valence-electron chi connectivity index (χ1n) is 15.0. The molecule has 0 spiro atoms. The fourth-order valence-electron chi connectivity index (χ4n) is 6.29. The predicted molar refractivity (Wildman–Crippen MR) is 172 cm³/mol. The monoisotopic (exact) mass is 600 g/mol. The molecule has 1 aliphatic heterocycles. The summed E-state index contributed by atoms with van der Waals surface area (Å²) in [7, 11) is 6.78. The molecule has 1 heterocycles. The zero-order valence-corrected chi connectivity index (χ0v) is 26.5. The third-order valence-electron chi connectivity index (χ3n) is 8.50. The molecule has 3 aromatic rings. The van der Waals surface area contributed by atoms with E-state index in [1.165, 1.54) is 14.0 Å². The van der Waals surface area contributed by atoms with Crippen LogP contribution >= 0.6 is 0 Å². The van der Waals surface area contributed by atoms with Gasteiger partial charge in [-0.1, -0.05) is 60.7 Å². The van der Waals surface area contributed by atoms with E-state index in [0.29, 0.717) is 42.9 Å². The molecule has 1 fully saturated rings. The van der Waals surface area contributed by atoms with Gasteiger partial charge in [-0.2, -0.15) is 0 Å². The largest absolute Gasteiger partial charge is 0.496 e. The highest BCUT2D eigenvalue weighted by molar-refractivity contribution is 5.99. The maximum atomic E-state index is 14.1. The van der Waals surface area contributed by atoms with Crippen LogP contribution in [0.1, 0.15) is 48.2 Å². The Morgan fingerprint density at radius 1 is 0.977 bits per heavy atom. The Bertz CT molecular complexity index is 1390. The summed E-state index contributed by atoms with van der Waals surface area (Å²) in [4.78, 5) is 43.2. The maximum Gasteiger partial charge on any atom is 0.255 e. The number of hydrogen-bond acceptors (Lipinski definition) is 6. The maximum absolute atomic E-state index is 14.1. The number of carbonyl (C=O) groups is 3. The van der Waals surface area contributed by atoms with Gasteiger partial charge in [0.25, 0.3) is 5.91 Å². The molecule has 3 aromatic carbocycles. The van der Waals surface area contributed by atoms with Gasteiger partial charge >= 0.3 is 0 Å². The fraction of sp³-hybridized carbons (Fsp3) is 0.400. The second-order valence-corrected chi connectivity index (χ2v) is 11.6. The van der Waals surface area contributed by atoms with Gasteiger partial charge in [0, 0.05) is 52.9 Å². The number of carbonyl (C=O) groups excluding carboxylic acids is 3. The summed E-state index contributed by atoms with van der Waals surface area (Å²) in [6.45, 7) is 4.88. The minimum atomic E-state index is -0.880. The van der Waals surface area contributed by atoms with Crippen LogP contribution in [0.4, 0.5) is 5.69 Å². The number of likely N-dealkylation sites (tertiary alicyclic amines) is 1. The lowest BCUT2D eigenvalue weighted by atomic mass is 9.69. The van der Waals surface area contributed by atoms with Crippen LogP contribution in [0.15, 0.2) is 78.9 Å². The highest BCUT2D eigenvalue weighted by Crippen LogP contribution is 2.40. The van der Waals surface area contributed by atoms with Crippen molar-refractivity contribution in [2.75, 3.05) is 46.7 Å². The van der Waals surface area contributed by atoms with Gasteiger partial charge in [0.15, 0.2) is 0 Å². The molecule has 0 radical (unpaired) electrons. The molecule has 44 heavy (non-hydrogen) atoms. The molecule has 0 saturated carbocycles. The number of benzene rings is 3. The van der Waals surface area contributed by atoms with Crippen LogP contribution in [0.2, 0.25) is 0 Å². The van der Waals surface area contributed by atoms with Crippen molar-refractivity contribution in [3.05, 3.63) is 95.6 Å². The van der Waals surface area contributed by atoms with Gasteiger partial charge in [-0.25, -0.2) is 0 Å². The summed E-state index contributed by atoms with van der Waals surface area (Å²) in [6.07, 6.45) is 0.957. The van der Waals surface area contributed by atoms with Crippen molar-refractivity contribution in [3.63, 3.8) is 0 Å². The van der Waals surface area contributed by atoms with E-state index >= 15 is 0 Å². The van der Waals surface area contributed by atoms with E-state index < -0.39 is 5.41 Å². The van der Waals surface area contributed by atoms with E-state index in [1.807, 2.05) is 74.8 Å². The highest BCUT2D eigenvalue weighted by Gasteiger charge is 2.45. The number of ether oxygens (including phenoxy) is 2. The molecule has 0 aromatic heterocycles. The highest BCUT2D eigenvalue weighted by atomic mass is 16.5. The average Bonchev–Trinajstić information content (AvgIpc) is 3.03. The Balaban J connectivity index is 1.56. The predicted octanol–water partition coefficient (Wildman–Crippen LogP) is 4.33. The number of rotatable bonds is 11. The SMILES string of the molecule is COc1ccc(NC(C)=O)cc1C(=O)N[C@H]1CCN(C(C)CC(C(=O)N(C)C)(c2ccccc2)c2ccccc2)C[C@H]1OC. The fourth-order valence-corrected chi connectivity index (χ4v) is 6.29. The lowest BCUT2D eigenvalue weighted by molar-refractivity contribution is -0.134. The van der Waals surface area contributed by atoms with Crippen LogP contribution in [0.3, 0.4) is 0 Å². The van der Waals surface area contributed by atoms with Crippen molar-refractivity contribution in [3.8, 4) is 5.75 Å². The molecular formula is C35H44N4O5. The topological polar surface area (TPSA) is 100 Å². The second kappa shape index (κ2) is 14.5. The molecule has 3 atom stereocenters. The van der Waals surface area contributed by atoms with E-state index in [2.05, 4.69) is 22.5 Å². The molecule has 1 saturated heterocycles. The summed E-state index contributed by atoms with van der Waals surface area (Å²) in [5, 5.41) is 5.86. The molecule has 2 N–H and O–H groups in total. The average molecular weight is 601 g/mol. The van der Waals surface area contributed by atoms with E-state index in [9.17, 15) is 14.4 Å². The molecule has 1 unspecified atom stereocenters. The van der Waals surface area contributed by atoms with Crippen molar-refractivity contribution in [1.29, 1.82) is 0 Å². The smallest absolute Gasteiger partial charge is 0.255 e. The van der Waals surface area contributed by atoms with Gasteiger partial charge < -0.3 is 25.0 Å². The molecule has 1 aliphatic rings. The van der Waals surface area contributed by atoms with Crippen molar-refractivity contribution in [1.82, 2.24) is 15.1 Å². The first-order valence-corrected chi connectivity index (χ1v) is 15.0. The van der Waals surface area contributed by atoms with Gasteiger partial charge in [0.05, 0.1) is 24.8 Å². The minimum absolute atomic E-state index is 0.0167. The zero-order valence-electron chi connectivity index (χ0n) is 26.5. The van der Waals surface area contributed by atoms with Gasteiger partial charge in [0.1, 0.15) is 11.2 Å². The number of anilines is 1. The van der Waals surface area contributed by atoms with E-state index in [-0.39, 0.29) is 35.9 Å². The Morgan fingerprint density at radius 3 is 2.11 bits per heavy atom. The van der Waals surface area contributed by atoms with Gasteiger partial charge in [0.2, 0.25) is 11.8 Å². The van der Waals surface area contributed by atoms with Crippen molar-refractivity contribution >= 4 is 23.4 Å². The lowest BCUT2D eigenvalue weighted by Gasteiger charge is -2.44. The first kappa shape index (κ1) is 32.7. The molecule has 234 valence electrons. The normalized spacial score (nSPS) is 17.8. The molecular weight excluding hydrogens is 556 g/mol. The molecule has 0 aliphatic carbocycles. The van der Waals surface area contributed by atoms with Gasteiger partial charge in [-0.15, -0.1) is 0 Å². The summed E-state index contributed by atoms with van der Waals surface area (Å²) >= 11 is 0. The van der Waals surface area contributed by atoms with Crippen LogP contribution in [-0.4, -0.2) is 87.1 Å². The summed E-state index contributed by atoms with van der Waals surface area (Å²) in [5.74, 6) is -0.0763. The van der Waals surface area contributed by atoms with Crippen LogP contribution in [0.25, 0.3) is 0 Å². The summed E-state index contributed by atoms with van der Waals surface area (Å²) < 4.78 is 11.3. The number of amides is 3. The van der Waals surface area contributed by atoms with E-state index in [4.69, 9.17) is 9.47 Å². The molecule has 3 amide bonds. The third-order valence-corrected chi connectivity index (χ3v) is 8.50. The Morgan fingerprint density at radius 2 is 1.59 bits per heavy atom. The number of piperidine rings is 1. The first-order chi connectivity index (χ1) is 21.1. The number of nitrogens with one attached hydrogen (secondary N) is 2. The number of hydrogen-bond donors (Lipinski definition) is 2. The Hall–Kier alpha value is -4.21. The molecule has 9 heteroatoms. The van der Waals surface area contributed by atoms with Gasteiger partial charge in [-0.3, -0.25) is 19.3 Å². The number of nitrogens with zero attached hydrogens (tertiary/aromatic N) is 2. The summed E-state index contributed by atoms with van der Waals surface area (Å²) in [6, 6.07) is 24.8. The van der Waals surface area contributed by atoms with Crippen molar-refractivity contribution < 1.29 is 23.9 Å². The van der Waals surface area contributed by atoms with E-state index in [0.717, 1.165) is 11.1 Å². The lowest BCUT2D eigenvalue weighted by Crippen LogP contribution is -2.58. The van der Waals surface area contributed by atoms with Crippen LogP contribution in [-0.2, 0) is 19.7 Å². The van der Waals surface area contributed by atoms with Crippen molar-refractivity contribution in [2.45, 2.75) is 50.3 Å². The number of methoxy groups -OCH3 is 2. The zero-order chi connectivity index (χ0) is 31.9. The van der Waals surface area contributed by atoms with Crippen LogP contribution < -0.4 is 15.4 Å². The Kier molecular flexibility index (Phi) is 10.8. The molecule has 9 nitrogen and oxygen atoms in total. The van der Waals surface area contributed by atoms with Crippen LogP contribution in [0, 0.1) is 0 Å². The van der Waals surface area contributed by atoms with Gasteiger partial charge in [-0.05, 0) is 49.1 Å². The summed E-state index contributed by atoms with van der Waals surface area (Å²) in [5.41, 5.74) is 1.88. The standard InChI is InChI=1S/C35H44N4O5/c1-24(22-35(34(42)38(3)4,26-13-9-7-10-14-26)27-15-11-8-12-16-27)39-20-19-30(32(23-39)44-6)37-33(41)29-21-28(36-25(2)40)17-18-31(29)43-5/h7-18,21,24,30,32H,19-20,22-23H2,1-6H3,(H,36,40)(H,37,41)/t24?,30-,32+/m0/s1. The quantitative estimate of drug-likeness (QED) is 0.340. The van der Waals surface area contributed by atoms with Crippen LogP contribution in [0.5, 0.6) is 5.75 Å². The number of likely N-dealkylation sites (N-methyl/N-ethyl adjacent to an activating group) is 1. The van der Waals surface area contributed by atoms with Crippen molar-refractivity contribution in [2.24, 2.45) is 0 Å². The molecule has 0 bridgehead atoms. The van der Waals surface area contributed by atoms with E-state index in [1.54, 1.807) is 30.2 Å². The minimum Gasteiger partial charge on any atom is -0.496 e. The Labute approximate surface area is 260 Å².